The zero-order valence-electron chi connectivity index (χ0n) is 13.8. The first kappa shape index (κ1) is 18.2. The zero-order chi connectivity index (χ0) is 16.7. The highest BCUT2D eigenvalue weighted by Crippen LogP contribution is 2.14. The summed E-state index contributed by atoms with van der Waals surface area (Å²) < 4.78 is 4.71. The van der Waals surface area contributed by atoms with Crippen LogP contribution in [-0.2, 0) is 9.53 Å². The number of carbonyl (C=O) groups excluding carboxylic acids is 2. The van der Waals surface area contributed by atoms with E-state index in [1.807, 2.05) is 26.0 Å². The van der Waals surface area contributed by atoms with Crippen LogP contribution in [-0.4, -0.2) is 48.7 Å². The summed E-state index contributed by atoms with van der Waals surface area (Å²) in [5, 5.41) is 9.01. The summed E-state index contributed by atoms with van der Waals surface area (Å²) in [4.78, 5) is 25.8. The molecule has 5 heteroatoms. The Labute approximate surface area is 131 Å². The number of aliphatic hydroxyl groups excluding tert-OH is 1. The van der Waals surface area contributed by atoms with E-state index < -0.39 is 5.92 Å². The first-order chi connectivity index (χ1) is 10.4. The molecule has 1 atom stereocenters. The Kier molecular flexibility index (Phi) is 7.05. The van der Waals surface area contributed by atoms with E-state index in [4.69, 9.17) is 9.84 Å². The van der Waals surface area contributed by atoms with Gasteiger partial charge in [-0.3, -0.25) is 9.59 Å². The topological polar surface area (TPSA) is 66.8 Å². The maximum atomic E-state index is 12.7. The third kappa shape index (κ3) is 4.84. The minimum absolute atomic E-state index is 0.00328. The Balaban J connectivity index is 2.91. The standard InChI is InChI=1S/C17H25NO4/c1-12-6-7-15(10-13(12)2)16(20)18(8-5-9-19)11-14(3)17(21)22-4/h6-7,10,14,19H,5,8-9,11H2,1-4H3. The van der Waals surface area contributed by atoms with Crippen molar-refractivity contribution in [2.75, 3.05) is 26.8 Å². The molecule has 1 N–H and O–H groups in total. The third-order valence-corrected chi connectivity index (χ3v) is 3.73. The van der Waals surface area contributed by atoms with Crippen LogP contribution in [0.2, 0.25) is 0 Å². The van der Waals surface area contributed by atoms with Gasteiger partial charge < -0.3 is 14.7 Å². The summed E-state index contributed by atoms with van der Waals surface area (Å²) in [6, 6.07) is 5.56. The van der Waals surface area contributed by atoms with Gasteiger partial charge in [-0.05, 0) is 43.5 Å². The molecule has 0 aliphatic heterocycles. The van der Waals surface area contributed by atoms with Gasteiger partial charge in [0, 0.05) is 25.3 Å². The molecule has 0 aromatic heterocycles. The van der Waals surface area contributed by atoms with E-state index in [1.165, 1.54) is 7.11 Å². The van der Waals surface area contributed by atoms with Gasteiger partial charge in [-0.1, -0.05) is 13.0 Å². The lowest BCUT2D eigenvalue weighted by Crippen LogP contribution is -2.38. The summed E-state index contributed by atoms with van der Waals surface area (Å²) in [6.07, 6.45) is 0.477. The van der Waals surface area contributed by atoms with Crippen molar-refractivity contribution in [2.45, 2.75) is 27.2 Å². The van der Waals surface area contributed by atoms with Gasteiger partial charge in [0.25, 0.3) is 5.91 Å². The van der Waals surface area contributed by atoms with Crippen LogP contribution >= 0.6 is 0 Å². The lowest BCUT2D eigenvalue weighted by Gasteiger charge is -2.25. The molecule has 22 heavy (non-hydrogen) atoms. The maximum Gasteiger partial charge on any atom is 0.310 e. The zero-order valence-corrected chi connectivity index (χ0v) is 13.8. The van der Waals surface area contributed by atoms with Gasteiger partial charge in [0.15, 0.2) is 0 Å². The normalized spacial score (nSPS) is 11.9. The molecule has 122 valence electrons. The average Bonchev–Trinajstić information content (AvgIpc) is 2.52. The van der Waals surface area contributed by atoms with Gasteiger partial charge in [-0.15, -0.1) is 0 Å². The van der Waals surface area contributed by atoms with Gasteiger partial charge in [0.1, 0.15) is 0 Å². The van der Waals surface area contributed by atoms with E-state index in [0.717, 1.165) is 11.1 Å². The fourth-order valence-electron chi connectivity index (χ4n) is 2.20. The third-order valence-electron chi connectivity index (χ3n) is 3.73. The number of rotatable bonds is 7. The van der Waals surface area contributed by atoms with E-state index in [1.54, 1.807) is 17.9 Å². The largest absolute Gasteiger partial charge is 0.469 e. The highest BCUT2D eigenvalue weighted by atomic mass is 16.5. The fraction of sp³-hybridized carbons (Fsp3) is 0.529. The molecule has 0 saturated heterocycles. The smallest absolute Gasteiger partial charge is 0.310 e. The van der Waals surface area contributed by atoms with Crippen LogP contribution in [0.25, 0.3) is 0 Å². The minimum atomic E-state index is -0.404. The maximum absolute atomic E-state index is 12.7. The number of hydrogen-bond donors (Lipinski definition) is 1. The highest BCUT2D eigenvalue weighted by molar-refractivity contribution is 5.94. The summed E-state index contributed by atoms with van der Waals surface area (Å²) >= 11 is 0. The Morgan fingerprint density at radius 3 is 2.50 bits per heavy atom. The SMILES string of the molecule is COC(=O)C(C)CN(CCCO)C(=O)c1ccc(C)c(C)c1. The average molecular weight is 307 g/mol. The van der Waals surface area contributed by atoms with E-state index in [-0.39, 0.29) is 25.0 Å². The molecule has 0 aliphatic carbocycles. The summed E-state index contributed by atoms with van der Waals surface area (Å²) in [7, 11) is 1.34. The second kappa shape index (κ2) is 8.54. The summed E-state index contributed by atoms with van der Waals surface area (Å²) in [5.74, 6) is -0.881. The van der Waals surface area contributed by atoms with Crippen LogP contribution < -0.4 is 0 Å². The number of amides is 1. The summed E-state index contributed by atoms with van der Waals surface area (Å²) in [5.41, 5.74) is 2.77. The number of hydrogen-bond acceptors (Lipinski definition) is 4. The molecule has 0 saturated carbocycles. The molecular formula is C17H25NO4. The Hall–Kier alpha value is -1.88. The van der Waals surface area contributed by atoms with Gasteiger partial charge in [-0.25, -0.2) is 0 Å². The predicted molar refractivity (Wildman–Crippen MR) is 84.7 cm³/mol. The molecule has 0 fully saturated rings. The van der Waals surface area contributed by atoms with Crippen LogP contribution in [0, 0.1) is 19.8 Å². The second-order valence-corrected chi connectivity index (χ2v) is 5.55. The highest BCUT2D eigenvalue weighted by Gasteiger charge is 2.22. The molecular weight excluding hydrogens is 282 g/mol. The van der Waals surface area contributed by atoms with Crippen molar-refractivity contribution in [2.24, 2.45) is 5.92 Å². The predicted octanol–water partition coefficient (Wildman–Crippen LogP) is 1.94. The quantitative estimate of drug-likeness (QED) is 0.782. The molecule has 0 spiro atoms. The number of carbonyl (C=O) groups is 2. The van der Waals surface area contributed by atoms with Crippen LogP contribution in [0.1, 0.15) is 34.8 Å². The van der Waals surface area contributed by atoms with Crippen LogP contribution in [0.15, 0.2) is 18.2 Å². The molecule has 1 unspecified atom stereocenters. The van der Waals surface area contributed by atoms with Crippen molar-refractivity contribution in [3.8, 4) is 0 Å². The molecule has 1 amide bonds. The van der Waals surface area contributed by atoms with Crippen LogP contribution in [0.4, 0.5) is 0 Å². The molecule has 1 rings (SSSR count). The van der Waals surface area contributed by atoms with Crippen molar-refractivity contribution >= 4 is 11.9 Å². The van der Waals surface area contributed by atoms with Crippen LogP contribution in [0.5, 0.6) is 0 Å². The summed E-state index contributed by atoms with van der Waals surface area (Å²) in [6.45, 7) is 6.37. The molecule has 0 heterocycles. The number of nitrogens with zero attached hydrogens (tertiary/aromatic N) is 1. The Morgan fingerprint density at radius 1 is 1.27 bits per heavy atom. The number of methoxy groups -OCH3 is 1. The van der Waals surface area contributed by atoms with Crippen molar-refractivity contribution < 1.29 is 19.4 Å². The number of ether oxygens (including phenoxy) is 1. The fourth-order valence-corrected chi connectivity index (χ4v) is 2.20. The Morgan fingerprint density at radius 2 is 1.95 bits per heavy atom. The lowest BCUT2D eigenvalue weighted by molar-refractivity contribution is -0.145. The molecule has 0 radical (unpaired) electrons. The first-order valence-electron chi connectivity index (χ1n) is 7.46. The molecule has 1 aromatic rings. The van der Waals surface area contributed by atoms with Gasteiger partial charge >= 0.3 is 5.97 Å². The monoisotopic (exact) mass is 307 g/mol. The number of esters is 1. The molecule has 1 aromatic carbocycles. The van der Waals surface area contributed by atoms with E-state index in [2.05, 4.69) is 0 Å². The van der Waals surface area contributed by atoms with E-state index in [0.29, 0.717) is 18.5 Å². The number of aryl methyl sites for hydroxylation is 2. The van der Waals surface area contributed by atoms with Gasteiger partial charge in [0.05, 0.1) is 13.0 Å². The van der Waals surface area contributed by atoms with E-state index in [9.17, 15) is 9.59 Å². The van der Waals surface area contributed by atoms with E-state index >= 15 is 0 Å². The molecule has 0 bridgehead atoms. The van der Waals surface area contributed by atoms with Crippen molar-refractivity contribution in [1.82, 2.24) is 4.90 Å². The van der Waals surface area contributed by atoms with Gasteiger partial charge in [-0.2, -0.15) is 0 Å². The van der Waals surface area contributed by atoms with Crippen molar-refractivity contribution in [3.05, 3.63) is 34.9 Å². The number of aliphatic hydroxyl groups is 1. The van der Waals surface area contributed by atoms with Crippen molar-refractivity contribution in [3.63, 3.8) is 0 Å². The van der Waals surface area contributed by atoms with Crippen LogP contribution in [0.3, 0.4) is 0 Å². The lowest BCUT2D eigenvalue weighted by atomic mass is 10.0. The molecule has 5 nitrogen and oxygen atoms in total. The first-order valence-corrected chi connectivity index (χ1v) is 7.46. The second-order valence-electron chi connectivity index (χ2n) is 5.55. The number of benzene rings is 1. The van der Waals surface area contributed by atoms with Crippen molar-refractivity contribution in [1.29, 1.82) is 0 Å². The molecule has 0 aliphatic rings. The Bertz CT molecular complexity index is 527. The van der Waals surface area contributed by atoms with Gasteiger partial charge in [0.2, 0.25) is 0 Å². The minimum Gasteiger partial charge on any atom is -0.469 e.